The average Bonchev–Trinajstić information content (AvgIpc) is 3.64. The van der Waals surface area contributed by atoms with Crippen LogP contribution in [-0.2, 0) is 22.7 Å². The van der Waals surface area contributed by atoms with Crippen molar-refractivity contribution in [1.29, 1.82) is 5.26 Å². The van der Waals surface area contributed by atoms with E-state index in [1.807, 2.05) is 6.07 Å². The highest BCUT2D eigenvalue weighted by atomic mass is 32.1. The number of hydrogen-bond acceptors (Lipinski definition) is 9. The monoisotopic (exact) mass is 525 g/mol. The summed E-state index contributed by atoms with van der Waals surface area (Å²) >= 11 is 0.735. The van der Waals surface area contributed by atoms with Crippen molar-refractivity contribution >= 4 is 43.4 Å². The van der Waals surface area contributed by atoms with E-state index in [0.717, 1.165) is 30.4 Å². The number of anilines is 1. The Bertz CT molecular complexity index is 1630. The minimum absolute atomic E-state index is 0.00458. The maximum Gasteiger partial charge on any atom is 0.409 e. The minimum Gasteiger partial charge on any atom is -0.465 e. The summed E-state index contributed by atoms with van der Waals surface area (Å²) in [6.07, 6.45) is 2.68. The lowest BCUT2D eigenvalue weighted by atomic mass is 9.94. The molecule has 1 aromatic carbocycles. The lowest BCUT2D eigenvalue weighted by Gasteiger charge is -2.14. The van der Waals surface area contributed by atoms with E-state index in [4.69, 9.17) is 19.3 Å². The van der Waals surface area contributed by atoms with E-state index in [2.05, 4.69) is 20.3 Å². The number of hydrogen-bond donors (Lipinski definition) is 2. The van der Waals surface area contributed by atoms with Gasteiger partial charge in [0, 0.05) is 29.1 Å². The fourth-order valence-electron chi connectivity index (χ4n) is 4.71. The molecule has 0 spiro atoms. The van der Waals surface area contributed by atoms with Gasteiger partial charge in [-0.2, -0.15) is 10.2 Å². The number of carboxylic acid groups (broad SMARTS) is 1. The zero-order valence-electron chi connectivity index (χ0n) is 19.0. The molecule has 4 aromatic rings. The number of nitrogens with zero attached hydrogens (tertiary/aromatic N) is 4. The van der Waals surface area contributed by atoms with Crippen molar-refractivity contribution in [2.24, 2.45) is 0 Å². The van der Waals surface area contributed by atoms with E-state index in [1.165, 1.54) is 6.20 Å². The largest absolute Gasteiger partial charge is 0.465 e. The number of nitriles is 1. The van der Waals surface area contributed by atoms with Gasteiger partial charge in [-0.1, -0.05) is 0 Å². The maximum atomic E-state index is 16.3. The Morgan fingerprint density at radius 1 is 1.30 bits per heavy atom. The van der Waals surface area contributed by atoms with Gasteiger partial charge in [0.15, 0.2) is 11.6 Å². The molecule has 2 aliphatic heterocycles. The molecule has 1 amide bonds. The Labute approximate surface area is 211 Å². The number of pyridine rings is 1. The van der Waals surface area contributed by atoms with E-state index in [9.17, 15) is 14.4 Å². The van der Waals surface area contributed by atoms with Gasteiger partial charge in [0.25, 0.3) is 0 Å². The molecule has 5 heterocycles. The lowest BCUT2D eigenvalue weighted by Crippen LogP contribution is -2.17. The number of amides is 1. The molecule has 37 heavy (non-hydrogen) atoms. The Balaban J connectivity index is 1.56. The Morgan fingerprint density at radius 3 is 2.89 bits per heavy atom. The minimum atomic E-state index is -1.42. The van der Waals surface area contributed by atoms with Gasteiger partial charge in [0.1, 0.15) is 23.2 Å². The summed E-state index contributed by atoms with van der Waals surface area (Å²) in [5, 5.41) is 21.4. The van der Waals surface area contributed by atoms with E-state index in [1.54, 1.807) is 0 Å². The fourth-order valence-corrected chi connectivity index (χ4v) is 5.75. The number of halogens is 2. The van der Waals surface area contributed by atoms with Crippen LogP contribution in [-0.4, -0.2) is 45.5 Å². The molecule has 1 saturated heterocycles. The number of nitrogens with one attached hydrogen (secondary N) is 1. The van der Waals surface area contributed by atoms with Crippen molar-refractivity contribution < 1.29 is 32.9 Å². The summed E-state index contributed by atoms with van der Waals surface area (Å²) in [4.78, 5) is 23.9. The molecule has 1 fully saturated rings. The molecule has 0 unspecified atom stereocenters. The number of aromatic nitrogens is 3. The quantitative estimate of drug-likeness (QED) is 0.378. The Kier molecular flexibility index (Phi) is 5.79. The predicted octanol–water partition coefficient (Wildman–Crippen LogP) is 4.73. The molecular formula is C24H17F2N5O5S. The molecule has 3 aromatic heterocycles. The molecule has 1 atom stereocenters. The third-order valence-corrected chi connectivity index (χ3v) is 7.45. The second-order valence-corrected chi connectivity index (χ2v) is 9.53. The smallest absolute Gasteiger partial charge is 0.409 e. The first-order chi connectivity index (χ1) is 18.0. The van der Waals surface area contributed by atoms with E-state index in [0.29, 0.717) is 23.1 Å². The standard InChI is InChI=1S/C24H17F2N5O5S/c25-15-6-28-20(17-11(4-27)22(31-24(32)33)37-21(15)17)16-14-9-34-8-13(14)12-5-29-23(30-19(12)18(16)26)36-7-10-2-1-3-35-10/h5-6,10,31H,1-3,7-9H2,(H,32,33)/t10-/m0/s1. The number of rotatable bonds is 5. The van der Waals surface area contributed by atoms with Crippen molar-refractivity contribution in [3.8, 4) is 23.3 Å². The number of thiophene rings is 1. The molecule has 0 aliphatic carbocycles. The van der Waals surface area contributed by atoms with Crippen molar-refractivity contribution in [1.82, 2.24) is 15.0 Å². The van der Waals surface area contributed by atoms with Gasteiger partial charge in [-0.3, -0.25) is 10.3 Å². The molecule has 0 bridgehead atoms. The lowest BCUT2D eigenvalue weighted by molar-refractivity contribution is 0.0646. The van der Waals surface area contributed by atoms with E-state index in [-0.39, 0.29) is 69.4 Å². The molecule has 2 aliphatic rings. The van der Waals surface area contributed by atoms with Gasteiger partial charge in [-0.05, 0) is 24.0 Å². The third-order valence-electron chi connectivity index (χ3n) is 6.34. The summed E-state index contributed by atoms with van der Waals surface area (Å²) in [5.41, 5.74) is 0.932. The second-order valence-electron chi connectivity index (χ2n) is 8.51. The summed E-state index contributed by atoms with van der Waals surface area (Å²) in [7, 11) is 0. The van der Waals surface area contributed by atoms with Crippen molar-refractivity contribution in [2.45, 2.75) is 32.2 Å². The molecule has 188 valence electrons. The summed E-state index contributed by atoms with van der Waals surface area (Å²) in [6.45, 7) is 1.12. The van der Waals surface area contributed by atoms with E-state index >= 15 is 4.39 Å². The van der Waals surface area contributed by atoms with Crippen LogP contribution in [0.2, 0.25) is 0 Å². The maximum absolute atomic E-state index is 16.3. The first-order valence-corrected chi connectivity index (χ1v) is 12.1. The number of benzene rings is 1. The highest BCUT2D eigenvalue weighted by molar-refractivity contribution is 7.23. The van der Waals surface area contributed by atoms with Gasteiger partial charge in [0.05, 0.1) is 41.5 Å². The van der Waals surface area contributed by atoms with Gasteiger partial charge in [-0.15, -0.1) is 11.3 Å². The number of carbonyl (C=O) groups is 1. The first-order valence-electron chi connectivity index (χ1n) is 11.3. The van der Waals surface area contributed by atoms with Crippen LogP contribution in [0.4, 0.5) is 18.6 Å². The summed E-state index contributed by atoms with van der Waals surface area (Å²) < 4.78 is 47.8. The van der Waals surface area contributed by atoms with Gasteiger partial charge in [-0.25, -0.2) is 18.6 Å². The van der Waals surface area contributed by atoms with Crippen LogP contribution in [0.5, 0.6) is 6.01 Å². The van der Waals surface area contributed by atoms with E-state index < -0.39 is 17.7 Å². The van der Waals surface area contributed by atoms with Gasteiger partial charge < -0.3 is 19.3 Å². The van der Waals surface area contributed by atoms with Crippen LogP contribution in [0.1, 0.15) is 29.5 Å². The number of ether oxygens (including phenoxy) is 3. The fraction of sp³-hybridized carbons (Fsp3) is 0.292. The highest BCUT2D eigenvalue weighted by Gasteiger charge is 2.30. The molecule has 0 radical (unpaired) electrons. The third kappa shape index (κ3) is 3.90. The molecule has 13 heteroatoms. The molecule has 6 rings (SSSR count). The topological polar surface area (TPSA) is 139 Å². The first kappa shape index (κ1) is 23.4. The Hall–Kier alpha value is -3.99. The van der Waals surface area contributed by atoms with Gasteiger partial charge >= 0.3 is 12.1 Å². The predicted molar refractivity (Wildman–Crippen MR) is 127 cm³/mol. The van der Waals surface area contributed by atoms with Crippen molar-refractivity contribution in [3.05, 3.63) is 40.7 Å². The normalized spacial score (nSPS) is 16.7. The van der Waals surface area contributed by atoms with Crippen molar-refractivity contribution in [3.63, 3.8) is 0 Å². The molecule has 2 N–H and O–H groups in total. The van der Waals surface area contributed by atoms with Crippen LogP contribution in [0.3, 0.4) is 0 Å². The highest BCUT2D eigenvalue weighted by Crippen LogP contribution is 2.45. The second kappa shape index (κ2) is 9.15. The Morgan fingerprint density at radius 2 is 2.14 bits per heavy atom. The van der Waals surface area contributed by atoms with Crippen LogP contribution < -0.4 is 10.1 Å². The molecule has 10 nitrogen and oxygen atoms in total. The van der Waals surface area contributed by atoms with Crippen LogP contribution >= 0.6 is 11.3 Å². The summed E-state index contributed by atoms with van der Waals surface area (Å²) in [6, 6.07) is 1.88. The average molecular weight is 525 g/mol. The van der Waals surface area contributed by atoms with Crippen LogP contribution in [0.15, 0.2) is 12.4 Å². The SMILES string of the molecule is N#Cc1c(NC(=O)O)sc2c(F)cnc(-c3c4c(c5cnc(OC[C@@H]6CCCO6)nc5c3F)COC4)c12. The number of fused-ring (bicyclic) bond motifs is 4. The summed E-state index contributed by atoms with van der Waals surface area (Å²) in [5.74, 6) is -1.52. The zero-order valence-corrected chi connectivity index (χ0v) is 19.8. The van der Waals surface area contributed by atoms with Crippen LogP contribution in [0.25, 0.3) is 32.2 Å². The van der Waals surface area contributed by atoms with Crippen LogP contribution in [0, 0.1) is 23.0 Å². The molecule has 0 saturated carbocycles. The molecular weight excluding hydrogens is 508 g/mol. The van der Waals surface area contributed by atoms with Crippen molar-refractivity contribution in [2.75, 3.05) is 18.5 Å². The van der Waals surface area contributed by atoms with Gasteiger partial charge in [0.2, 0.25) is 0 Å². The zero-order chi connectivity index (χ0) is 25.7.